The molecule has 0 bridgehead atoms. The van der Waals surface area contributed by atoms with Crippen molar-refractivity contribution in [2.45, 2.75) is 38.2 Å². The number of quaternary nitrogens is 1. The summed E-state index contributed by atoms with van der Waals surface area (Å²) in [5.74, 6) is 1.66. The Morgan fingerprint density at radius 1 is 1.27 bits per heavy atom. The lowest BCUT2D eigenvalue weighted by atomic mass is 9.93. The van der Waals surface area contributed by atoms with Gasteiger partial charge in [0.15, 0.2) is 11.4 Å². The summed E-state index contributed by atoms with van der Waals surface area (Å²) in [5, 5.41) is 10.3. The molecule has 2 unspecified atom stereocenters. The number of ether oxygens (including phenoxy) is 3. The summed E-state index contributed by atoms with van der Waals surface area (Å²) in [4.78, 5) is 1.11. The molecule has 0 amide bonds. The van der Waals surface area contributed by atoms with Crippen LogP contribution in [0.1, 0.15) is 25.8 Å². The van der Waals surface area contributed by atoms with Gasteiger partial charge in [0.25, 0.3) is 0 Å². The van der Waals surface area contributed by atoms with Crippen LogP contribution in [-0.2, 0) is 9.47 Å². The lowest BCUT2D eigenvalue weighted by molar-refractivity contribution is -0.860. The van der Waals surface area contributed by atoms with Gasteiger partial charge in [-0.15, -0.1) is 0 Å². The van der Waals surface area contributed by atoms with Crippen LogP contribution in [0.3, 0.4) is 0 Å². The van der Waals surface area contributed by atoms with Crippen molar-refractivity contribution < 1.29 is 24.2 Å². The highest BCUT2D eigenvalue weighted by Gasteiger charge is 2.49. The fourth-order valence-corrected chi connectivity index (χ4v) is 3.44. The van der Waals surface area contributed by atoms with Crippen LogP contribution in [0.4, 0.5) is 5.69 Å². The molecule has 5 nitrogen and oxygen atoms in total. The first-order valence-electron chi connectivity index (χ1n) is 7.54. The second-order valence-corrected chi connectivity index (χ2v) is 6.49. The van der Waals surface area contributed by atoms with Crippen LogP contribution < -0.4 is 9.64 Å². The van der Waals surface area contributed by atoms with Gasteiger partial charge in [0.2, 0.25) is 6.23 Å². The van der Waals surface area contributed by atoms with Gasteiger partial charge >= 0.3 is 0 Å². The number of benzene rings is 1. The topological polar surface area (TPSA) is 52.4 Å². The van der Waals surface area contributed by atoms with Crippen LogP contribution in [0.2, 0.25) is 0 Å². The Morgan fingerprint density at radius 2 is 2.00 bits per heavy atom. The van der Waals surface area contributed by atoms with Crippen molar-refractivity contribution >= 4 is 11.4 Å². The Bertz CT molecular complexity index is 618. The number of para-hydroxylation sites is 1. The van der Waals surface area contributed by atoms with Crippen molar-refractivity contribution in [2.24, 2.45) is 0 Å². The third-order valence-electron chi connectivity index (χ3n) is 4.58. The fourth-order valence-electron chi connectivity index (χ4n) is 3.44. The largest absolute Gasteiger partial charge is 0.496 e. The van der Waals surface area contributed by atoms with E-state index in [1.165, 1.54) is 0 Å². The van der Waals surface area contributed by atoms with Crippen LogP contribution in [0, 0.1) is 0 Å². The van der Waals surface area contributed by atoms with Gasteiger partial charge in [-0.2, -0.15) is 0 Å². The van der Waals surface area contributed by atoms with Gasteiger partial charge in [-0.05, 0) is 26.0 Å². The van der Waals surface area contributed by atoms with Crippen molar-refractivity contribution in [2.75, 3.05) is 21.3 Å². The van der Waals surface area contributed by atoms with Crippen LogP contribution in [-0.4, -0.2) is 44.3 Å². The zero-order valence-corrected chi connectivity index (χ0v) is 13.8. The van der Waals surface area contributed by atoms with Crippen molar-refractivity contribution in [3.8, 4) is 5.75 Å². The summed E-state index contributed by atoms with van der Waals surface area (Å²) >= 11 is 0. The fraction of sp³-hybridized carbons (Fsp3) is 0.529. The maximum absolute atomic E-state index is 10.3. The number of hydrogen-bond donors (Lipinski definition) is 2. The average molecular weight is 306 g/mol. The summed E-state index contributed by atoms with van der Waals surface area (Å²) in [6.45, 7) is 3.57. The van der Waals surface area contributed by atoms with E-state index in [4.69, 9.17) is 14.2 Å². The molecule has 3 rings (SSSR count). The van der Waals surface area contributed by atoms with E-state index in [0.717, 1.165) is 33.2 Å². The van der Waals surface area contributed by atoms with Gasteiger partial charge < -0.3 is 19.3 Å². The second kappa shape index (κ2) is 5.26. The van der Waals surface area contributed by atoms with E-state index in [9.17, 15) is 5.11 Å². The molecular formula is C17H24NO4+. The van der Waals surface area contributed by atoms with Crippen molar-refractivity contribution in [3.63, 3.8) is 0 Å². The number of rotatable bonds is 3. The SMILES string of the molecule is COC1=C2C[C@H](C(C)(C)O)OC2[NH+](C)c2c(OC)cccc21. The van der Waals surface area contributed by atoms with Gasteiger partial charge in [0, 0.05) is 6.42 Å². The number of methoxy groups -OCH3 is 2. The molecule has 2 N–H and O–H groups in total. The molecule has 22 heavy (non-hydrogen) atoms. The van der Waals surface area contributed by atoms with Crippen molar-refractivity contribution in [3.05, 3.63) is 29.3 Å². The Hall–Kier alpha value is -1.56. The van der Waals surface area contributed by atoms with E-state index in [0.29, 0.717) is 6.42 Å². The number of nitrogens with one attached hydrogen (secondary N) is 1. The number of likely N-dealkylation sites (N-methyl/N-ethyl adjacent to an activating group) is 1. The molecule has 2 heterocycles. The van der Waals surface area contributed by atoms with Gasteiger partial charge in [0.05, 0.1) is 44.1 Å². The first-order valence-corrected chi connectivity index (χ1v) is 7.54. The van der Waals surface area contributed by atoms with Crippen molar-refractivity contribution in [1.29, 1.82) is 0 Å². The molecule has 0 aromatic heterocycles. The Kier molecular flexibility index (Phi) is 3.67. The molecule has 0 aliphatic carbocycles. The molecule has 1 aromatic rings. The zero-order chi connectivity index (χ0) is 16.1. The summed E-state index contributed by atoms with van der Waals surface area (Å²) in [6, 6.07) is 5.96. The number of hydrogen-bond acceptors (Lipinski definition) is 4. The van der Waals surface area contributed by atoms with E-state index < -0.39 is 5.60 Å². The predicted molar refractivity (Wildman–Crippen MR) is 83.0 cm³/mol. The summed E-state index contributed by atoms with van der Waals surface area (Å²) < 4.78 is 17.4. The lowest BCUT2D eigenvalue weighted by Crippen LogP contribution is -3.09. The third-order valence-corrected chi connectivity index (χ3v) is 4.58. The normalized spacial score (nSPS) is 27.5. The molecule has 1 fully saturated rings. The molecule has 120 valence electrons. The molecule has 0 radical (unpaired) electrons. The third kappa shape index (κ3) is 2.20. The Labute approximate surface area is 131 Å². The molecule has 0 spiro atoms. The smallest absolute Gasteiger partial charge is 0.223 e. The van der Waals surface area contributed by atoms with Crippen LogP contribution in [0.25, 0.3) is 5.76 Å². The predicted octanol–water partition coefficient (Wildman–Crippen LogP) is 1.10. The van der Waals surface area contributed by atoms with E-state index in [2.05, 4.69) is 7.05 Å². The second-order valence-electron chi connectivity index (χ2n) is 6.49. The van der Waals surface area contributed by atoms with E-state index in [1.54, 1.807) is 28.1 Å². The standard InChI is InChI=1S/C17H23NO4/c1-17(2,19)13-9-11-15(21-5)10-7-6-8-12(20-4)14(10)18(3)16(11)22-13/h6-8,13,16,19H,9H2,1-5H3/p+1/t13-,16?/m1/s1. The first kappa shape index (κ1) is 15.3. The molecule has 0 saturated carbocycles. The maximum Gasteiger partial charge on any atom is 0.223 e. The molecule has 2 aliphatic heterocycles. The summed E-state index contributed by atoms with van der Waals surface area (Å²) in [6.07, 6.45) is 0.272. The summed E-state index contributed by atoms with van der Waals surface area (Å²) in [7, 11) is 5.41. The van der Waals surface area contributed by atoms with E-state index in [-0.39, 0.29) is 12.3 Å². The average Bonchev–Trinajstić information content (AvgIpc) is 2.92. The molecule has 5 heteroatoms. The lowest BCUT2D eigenvalue weighted by Gasteiger charge is -2.31. The maximum atomic E-state index is 10.3. The highest BCUT2D eigenvalue weighted by molar-refractivity contribution is 5.76. The van der Waals surface area contributed by atoms with Gasteiger partial charge in [-0.1, -0.05) is 6.07 Å². The molecule has 2 aliphatic rings. The van der Waals surface area contributed by atoms with Gasteiger partial charge in [0.1, 0.15) is 5.76 Å². The minimum atomic E-state index is -0.889. The summed E-state index contributed by atoms with van der Waals surface area (Å²) in [5.41, 5.74) is 2.28. The van der Waals surface area contributed by atoms with E-state index in [1.807, 2.05) is 18.2 Å². The van der Waals surface area contributed by atoms with Crippen LogP contribution >= 0.6 is 0 Å². The number of aliphatic hydroxyl groups is 1. The van der Waals surface area contributed by atoms with Crippen LogP contribution in [0.15, 0.2) is 23.8 Å². The van der Waals surface area contributed by atoms with E-state index >= 15 is 0 Å². The van der Waals surface area contributed by atoms with Gasteiger partial charge in [-0.3, -0.25) is 4.90 Å². The quantitative estimate of drug-likeness (QED) is 0.878. The minimum Gasteiger partial charge on any atom is -0.496 e. The molecular weight excluding hydrogens is 282 g/mol. The minimum absolute atomic E-state index is 0.157. The Morgan fingerprint density at radius 3 is 2.59 bits per heavy atom. The first-order chi connectivity index (χ1) is 10.4. The number of fused-ring (bicyclic) bond motifs is 2. The molecule has 1 saturated heterocycles. The molecule has 3 atom stereocenters. The zero-order valence-electron chi connectivity index (χ0n) is 13.8. The Balaban J connectivity index is 2.13. The highest BCUT2D eigenvalue weighted by Crippen LogP contribution is 2.42. The van der Waals surface area contributed by atoms with Crippen molar-refractivity contribution in [1.82, 2.24) is 0 Å². The van der Waals surface area contributed by atoms with Crippen LogP contribution in [0.5, 0.6) is 5.75 Å². The highest BCUT2D eigenvalue weighted by atomic mass is 16.5. The monoisotopic (exact) mass is 306 g/mol. The van der Waals surface area contributed by atoms with Gasteiger partial charge in [-0.25, -0.2) is 0 Å². The molecule has 1 aromatic carbocycles.